The zero-order chi connectivity index (χ0) is 18.0. The van der Waals surface area contributed by atoms with Crippen molar-refractivity contribution in [1.29, 1.82) is 0 Å². The molecule has 0 atom stereocenters. The summed E-state index contributed by atoms with van der Waals surface area (Å²) in [5.74, 6) is -0.262. The molecule has 5 nitrogen and oxygen atoms in total. The van der Waals surface area contributed by atoms with Gasteiger partial charge in [0.1, 0.15) is 23.8 Å². The first-order valence-corrected chi connectivity index (χ1v) is 7.70. The number of methoxy groups -OCH3 is 1. The molecule has 0 aliphatic carbocycles. The van der Waals surface area contributed by atoms with E-state index in [-0.39, 0.29) is 12.2 Å². The summed E-state index contributed by atoms with van der Waals surface area (Å²) in [6, 6.07) is 13.3. The van der Waals surface area contributed by atoms with Crippen LogP contribution in [0.15, 0.2) is 48.5 Å². The maximum Gasteiger partial charge on any atom is 0.311 e. The highest BCUT2D eigenvalue weighted by Crippen LogP contribution is 2.29. The van der Waals surface area contributed by atoms with Crippen LogP contribution in [0, 0.1) is 12.7 Å². The van der Waals surface area contributed by atoms with Crippen LogP contribution in [-0.2, 0) is 11.2 Å². The lowest BCUT2D eigenvalue weighted by Crippen LogP contribution is -2.09. The highest BCUT2D eigenvalue weighted by molar-refractivity contribution is 5.71. The number of rotatable bonds is 5. The predicted octanol–water partition coefficient (Wildman–Crippen LogP) is 3.62. The fraction of sp³-hybridized carbons (Fsp3) is 0.158. The average molecular weight is 340 g/mol. The normalized spacial score (nSPS) is 10.7. The van der Waals surface area contributed by atoms with Crippen LogP contribution in [0.1, 0.15) is 11.5 Å². The molecule has 0 saturated carbocycles. The van der Waals surface area contributed by atoms with E-state index in [1.54, 1.807) is 23.8 Å². The lowest BCUT2D eigenvalue weighted by molar-refractivity contribution is -0.136. The molecule has 0 unspecified atom stereocenters. The Morgan fingerprint density at radius 1 is 1.24 bits per heavy atom. The molecule has 0 fully saturated rings. The second-order valence-corrected chi connectivity index (χ2v) is 5.58. The summed E-state index contributed by atoms with van der Waals surface area (Å²) in [7, 11) is 1.58. The quantitative estimate of drug-likeness (QED) is 0.770. The van der Waals surface area contributed by atoms with Crippen molar-refractivity contribution >= 4 is 5.97 Å². The molecule has 1 heterocycles. The second-order valence-electron chi connectivity index (χ2n) is 5.58. The van der Waals surface area contributed by atoms with Gasteiger partial charge in [0.15, 0.2) is 0 Å². The number of hydrogen-bond donors (Lipinski definition) is 1. The molecule has 0 amide bonds. The van der Waals surface area contributed by atoms with Gasteiger partial charge in [-0.3, -0.25) is 9.36 Å². The molecule has 2 aromatic carbocycles. The molecule has 0 radical (unpaired) electrons. The number of hydrogen-bond acceptors (Lipinski definition) is 3. The molecule has 1 N–H and O–H groups in total. The van der Waals surface area contributed by atoms with E-state index in [4.69, 9.17) is 4.74 Å². The van der Waals surface area contributed by atoms with Crippen molar-refractivity contribution < 1.29 is 19.0 Å². The third-order valence-corrected chi connectivity index (χ3v) is 3.91. The maximum absolute atomic E-state index is 13.2. The summed E-state index contributed by atoms with van der Waals surface area (Å²) in [4.78, 5) is 15.8. The lowest BCUT2D eigenvalue weighted by atomic mass is 10.1. The van der Waals surface area contributed by atoms with Crippen LogP contribution in [0.5, 0.6) is 5.75 Å². The molecular formula is C19H17FN2O3. The van der Waals surface area contributed by atoms with Gasteiger partial charge in [-0.25, -0.2) is 9.37 Å². The van der Waals surface area contributed by atoms with Gasteiger partial charge >= 0.3 is 5.97 Å². The van der Waals surface area contributed by atoms with Crippen molar-refractivity contribution in [3.63, 3.8) is 0 Å². The Balaban J connectivity index is 2.17. The molecular weight excluding hydrogens is 323 g/mol. The third kappa shape index (κ3) is 3.38. The first-order valence-electron chi connectivity index (χ1n) is 7.70. The van der Waals surface area contributed by atoms with E-state index < -0.39 is 5.97 Å². The number of imidazole rings is 1. The maximum atomic E-state index is 13.2. The van der Waals surface area contributed by atoms with Crippen molar-refractivity contribution in [3.05, 3.63) is 65.9 Å². The number of ether oxygens (including phenoxy) is 1. The minimum atomic E-state index is -0.981. The van der Waals surface area contributed by atoms with Crippen LogP contribution >= 0.6 is 0 Å². The smallest absolute Gasteiger partial charge is 0.311 e. The van der Waals surface area contributed by atoms with Crippen LogP contribution in [0.4, 0.5) is 4.39 Å². The molecule has 1 aromatic heterocycles. The number of carboxylic acid groups (broad SMARTS) is 1. The monoisotopic (exact) mass is 340 g/mol. The predicted molar refractivity (Wildman–Crippen MR) is 91.6 cm³/mol. The average Bonchev–Trinajstić information content (AvgIpc) is 2.91. The van der Waals surface area contributed by atoms with Gasteiger partial charge < -0.3 is 9.84 Å². The van der Waals surface area contributed by atoms with Gasteiger partial charge in [-0.15, -0.1) is 0 Å². The van der Waals surface area contributed by atoms with Crippen molar-refractivity contribution in [2.24, 2.45) is 0 Å². The van der Waals surface area contributed by atoms with Crippen LogP contribution in [-0.4, -0.2) is 27.7 Å². The Morgan fingerprint density at radius 2 is 1.96 bits per heavy atom. The third-order valence-electron chi connectivity index (χ3n) is 3.91. The molecule has 0 aliphatic heterocycles. The van der Waals surface area contributed by atoms with Gasteiger partial charge in [0.05, 0.1) is 12.8 Å². The number of halogens is 1. The molecule has 3 aromatic rings. The zero-order valence-corrected chi connectivity index (χ0v) is 13.9. The lowest BCUT2D eigenvalue weighted by Gasteiger charge is -2.09. The van der Waals surface area contributed by atoms with Crippen LogP contribution < -0.4 is 4.74 Å². The Bertz CT molecular complexity index is 917. The molecule has 3 rings (SSSR count). The first kappa shape index (κ1) is 16.7. The van der Waals surface area contributed by atoms with E-state index in [0.717, 1.165) is 11.3 Å². The summed E-state index contributed by atoms with van der Waals surface area (Å²) >= 11 is 0. The van der Waals surface area contributed by atoms with Gasteiger partial charge in [-0.1, -0.05) is 12.1 Å². The number of aliphatic carboxylic acids is 1. The van der Waals surface area contributed by atoms with Gasteiger partial charge in [-0.05, 0) is 43.3 Å². The van der Waals surface area contributed by atoms with Crippen molar-refractivity contribution in [3.8, 4) is 22.7 Å². The number of carboxylic acids is 1. The molecule has 0 spiro atoms. The molecule has 0 saturated heterocycles. The summed E-state index contributed by atoms with van der Waals surface area (Å²) < 4.78 is 20.2. The second kappa shape index (κ2) is 6.76. The van der Waals surface area contributed by atoms with E-state index in [9.17, 15) is 14.3 Å². The van der Waals surface area contributed by atoms with Crippen molar-refractivity contribution in [2.75, 3.05) is 7.11 Å². The van der Waals surface area contributed by atoms with Crippen LogP contribution in [0.2, 0.25) is 0 Å². The van der Waals surface area contributed by atoms with Crippen LogP contribution in [0.3, 0.4) is 0 Å². The minimum absolute atomic E-state index is 0.234. The van der Waals surface area contributed by atoms with E-state index in [2.05, 4.69) is 4.98 Å². The molecule has 0 aliphatic rings. The van der Waals surface area contributed by atoms with Gasteiger partial charge in [-0.2, -0.15) is 0 Å². The van der Waals surface area contributed by atoms with Gasteiger partial charge in [0.25, 0.3) is 0 Å². The number of nitrogens with zero attached hydrogens (tertiary/aromatic N) is 2. The number of benzene rings is 2. The SMILES string of the molecule is COc1cccc(-c2nc(CC(=O)O)n(-c3ccc(F)cc3)c2C)c1. The largest absolute Gasteiger partial charge is 0.497 e. The summed E-state index contributed by atoms with van der Waals surface area (Å²) in [5, 5.41) is 9.20. The molecule has 0 bridgehead atoms. The Kier molecular flexibility index (Phi) is 4.52. The topological polar surface area (TPSA) is 64.3 Å². The van der Waals surface area contributed by atoms with Crippen molar-refractivity contribution in [1.82, 2.24) is 9.55 Å². The standard InChI is InChI=1S/C19H17FN2O3/c1-12-19(13-4-3-5-16(10-13)25-2)21-17(11-18(23)24)22(12)15-8-6-14(20)7-9-15/h3-10H,11H2,1-2H3,(H,23,24). The Hall–Kier alpha value is -3.15. The highest BCUT2D eigenvalue weighted by atomic mass is 19.1. The van der Waals surface area contributed by atoms with Crippen molar-refractivity contribution in [2.45, 2.75) is 13.3 Å². The number of aromatic nitrogens is 2. The summed E-state index contributed by atoms with van der Waals surface area (Å²) in [5.41, 5.74) is 2.93. The van der Waals surface area contributed by atoms with Gasteiger partial charge in [0.2, 0.25) is 0 Å². The highest BCUT2D eigenvalue weighted by Gasteiger charge is 2.19. The molecule has 6 heteroatoms. The summed E-state index contributed by atoms with van der Waals surface area (Å²) in [6.45, 7) is 1.86. The van der Waals surface area contributed by atoms with E-state index >= 15 is 0 Å². The molecule has 25 heavy (non-hydrogen) atoms. The fourth-order valence-corrected chi connectivity index (χ4v) is 2.79. The zero-order valence-electron chi connectivity index (χ0n) is 13.9. The Morgan fingerprint density at radius 3 is 2.60 bits per heavy atom. The van der Waals surface area contributed by atoms with E-state index in [1.165, 1.54) is 12.1 Å². The Labute approximate surface area is 144 Å². The number of carbonyl (C=O) groups is 1. The summed E-state index contributed by atoms with van der Waals surface area (Å²) in [6.07, 6.45) is -0.234. The minimum Gasteiger partial charge on any atom is -0.497 e. The first-order chi connectivity index (χ1) is 12.0. The van der Waals surface area contributed by atoms with E-state index in [1.807, 2.05) is 31.2 Å². The fourth-order valence-electron chi connectivity index (χ4n) is 2.79. The van der Waals surface area contributed by atoms with Crippen LogP contribution in [0.25, 0.3) is 16.9 Å². The van der Waals surface area contributed by atoms with Gasteiger partial charge in [0, 0.05) is 16.9 Å². The van der Waals surface area contributed by atoms with E-state index in [0.29, 0.717) is 23.0 Å². The molecule has 128 valence electrons.